The second-order valence-electron chi connectivity index (χ2n) is 7.20. The van der Waals surface area contributed by atoms with Crippen molar-refractivity contribution in [3.8, 4) is 11.5 Å². The van der Waals surface area contributed by atoms with Crippen LogP contribution < -0.4 is 4.90 Å². The van der Waals surface area contributed by atoms with Crippen molar-refractivity contribution in [1.82, 2.24) is 4.98 Å². The Morgan fingerprint density at radius 1 is 1.23 bits per heavy atom. The topological polar surface area (TPSA) is 56.6 Å². The fraction of sp³-hybridized carbons (Fsp3) is 0.318. The van der Waals surface area contributed by atoms with Gasteiger partial charge in [0.05, 0.1) is 11.9 Å². The average molecular weight is 350 g/mol. The number of benzene rings is 1. The molecule has 1 aromatic carbocycles. The molecule has 0 bridgehead atoms. The van der Waals surface area contributed by atoms with E-state index in [0.29, 0.717) is 11.3 Å². The first kappa shape index (κ1) is 18.1. The first-order valence-electron chi connectivity index (χ1n) is 8.90. The van der Waals surface area contributed by atoms with Crippen molar-refractivity contribution in [2.45, 2.75) is 32.6 Å². The van der Waals surface area contributed by atoms with Crippen LogP contribution in [0.25, 0.3) is 0 Å². The van der Waals surface area contributed by atoms with Gasteiger partial charge in [0.2, 0.25) is 0 Å². The third kappa shape index (κ3) is 3.45. The van der Waals surface area contributed by atoms with E-state index in [1.807, 2.05) is 31.0 Å². The predicted octanol–water partition coefficient (Wildman–Crippen LogP) is 5.28. The molecule has 2 atom stereocenters. The van der Waals surface area contributed by atoms with Gasteiger partial charge in [0, 0.05) is 42.5 Å². The van der Waals surface area contributed by atoms with E-state index in [2.05, 4.69) is 24.6 Å². The average Bonchev–Trinajstić information content (AvgIpc) is 2.61. The number of nitrogens with zero attached hydrogens (tertiary/aromatic N) is 2. The van der Waals surface area contributed by atoms with E-state index in [4.69, 9.17) is 0 Å². The molecule has 0 saturated carbocycles. The van der Waals surface area contributed by atoms with Gasteiger partial charge < -0.3 is 15.1 Å². The summed E-state index contributed by atoms with van der Waals surface area (Å²) in [4.78, 5) is 6.00. The highest BCUT2D eigenvalue weighted by Gasteiger charge is 2.30. The highest BCUT2D eigenvalue weighted by atomic mass is 16.3. The number of hydrogen-bond donors (Lipinski definition) is 2. The Hall–Kier alpha value is -2.75. The van der Waals surface area contributed by atoms with Crippen molar-refractivity contribution < 1.29 is 10.2 Å². The fourth-order valence-corrected chi connectivity index (χ4v) is 3.75. The summed E-state index contributed by atoms with van der Waals surface area (Å²) < 4.78 is 0. The normalized spacial score (nSPS) is 19.7. The van der Waals surface area contributed by atoms with Crippen LogP contribution in [0.5, 0.6) is 11.5 Å². The van der Waals surface area contributed by atoms with Crippen molar-refractivity contribution in [2.75, 3.05) is 11.9 Å². The minimum absolute atomic E-state index is 0.0565. The largest absolute Gasteiger partial charge is 0.507 e. The fourth-order valence-electron chi connectivity index (χ4n) is 3.75. The maximum absolute atomic E-state index is 10.7. The molecule has 2 N–H and O–H groups in total. The molecule has 0 fully saturated rings. The van der Waals surface area contributed by atoms with Crippen molar-refractivity contribution in [1.29, 1.82) is 0 Å². The van der Waals surface area contributed by atoms with E-state index in [9.17, 15) is 10.2 Å². The molecule has 0 amide bonds. The lowest BCUT2D eigenvalue weighted by atomic mass is 9.74. The Balaban J connectivity index is 2.02. The van der Waals surface area contributed by atoms with Gasteiger partial charge in [0.15, 0.2) is 0 Å². The molecule has 3 rings (SSSR count). The molecular formula is C22H26N2O2. The van der Waals surface area contributed by atoms with Gasteiger partial charge in [-0.15, -0.1) is 0 Å². The van der Waals surface area contributed by atoms with Crippen molar-refractivity contribution >= 4 is 11.4 Å². The molecule has 0 radical (unpaired) electrons. The standard InChI is InChI=1S/C22H26N2O2/c1-14(2)18-8-7-15(3)10-19(18)22-20(25)11-17(12-21(22)26)24(4)16-6-5-9-23-13-16/h5-6,9-13,18-19,25-26H,1,7-8H2,2-4H3/t18-,19+/m0/s1. The van der Waals surface area contributed by atoms with Crippen molar-refractivity contribution in [3.63, 3.8) is 0 Å². The van der Waals surface area contributed by atoms with Gasteiger partial charge in [-0.25, -0.2) is 0 Å². The van der Waals surface area contributed by atoms with Crippen molar-refractivity contribution in [2.24, 2.45) is 5.92 Å². The van der Waals surface area contributed by atoms with E-state index in [-0.39, 0.29) is 23.3 Å². The number of phenolic OH excluding ortho intramolecular Hbond substituents is 2. The number of rotatable bonds is 4. The number of aromatic hydroxyl groups is 2. The number of allylic oxidation sites excluding steroid dienone is 3. The van der Waals surface area contributed by atoms with E-state index in [1.165, 1.54) is 5.57 Å². The molecule has 1 aliphatic carbocycles. The van der Waals surface area contributed by atoms with Crippen LogP contribution in [0.15, 0.2) is 60.5 Å². The summed E-state index contributed by atoms with van der Waals surface area (Å²) >= 11 is 0. The van der Waals surface area contributed by atoms with Gasteiger partial charge in [-0.3, -0.25) is 4.98 Å². The summed E-state index contributed by atoms with van der Waals surface area (Å²) in [5.74, 6) is 0.382. The van der Waals surface area contributed by atoms with E-state index < -0.39 is 0 Å². The number of phenols is 2. The Labute approximate surface area is 155 Å². The lowest BCUT2D eigenvalue weighted by molar-refractivity contribution is 0.407. The number of hydrogen-bond acceptors (Lipinski definition) is 4. The van der Waals surface area contributed by atoms with E-state index in [0.717, 1.165) is 24.1 Å². The molecular weight excluding hydrogens is 324 g/mol. The lowest BCUT2D eigenvalue weighted by Crippen LogP contribution is -2.17. The molecule has 1 aliphatic rings. The molecule has 4 nitrogen and oxygen atoms in total. The Morgan fingerprint density at radius 2 is 1.92 bits per heavy atom. The van der Waals surface area contributed by atoms with Crippen LogP contribution in [-0.2, 0) is 0 Å². The highest BCUT2D eigenvalue weighted by Crippen LogP contribution is 2.47. The zero-order valence-electron chi connectivity index (χ0n) is 15.6. The highest BCUT2D eigenvalue weighted by molar-refractivity contribution is 5.67. The summed E-state index contributed by atoms with van der Waals surface area (Å²) in [5, 5.41) is 21.5. The van der Waals surface area contributed by atoms with Gasteiger partial charge >= 0.3 is 0 Å². The van der Waals surface area contributed by atoms with Crippen LogP contribution >= 0.6 is 0 Å². The zero-order chi connectivity index (χ0) is 18.8. The summed E-state index contributed by atoms with van der Waals surface area (Å²) in [5.41, 5.74) is 4.53. The number of pyridine rings is 1. The molecule has 0 spiro atoms. The Kier molecular flexibility index (Phi) is 5.03. The summed E-state index contributed by atoms with van der Waals surface area (Å²) in [7, 11) is 1.88. The number of aromatic nitrogens is 1. The van der Waals surface area contributed by atoms with Gasteiger partial charge in [-0.2, -0.15) is 0 Å². The third-order valence-corrected chi connectivity index (χ3v) is 5.26. The molecule has 4 heteroatoms. The van der Waals surface area contributed by atoms with Crippen LogP contribution in [0.4, 0.5) is 11.4 Å². The molecule has 136 valence electrons. The van der Waals surface area contributed by atoms with Gasteiger partial charge in [0.25, 0.3) is 0 Å². The van der Waals surface area contributed by atoms with Gasteiger partial charge in [0.1, 0.15) is 11.5 Å². The maximum atomic E-state index is 10.7. The van der Waals surface area contributed by atoms with Crippen LogP contribution in [0, 0.1) is 5.92 Å². The third-order valence-electron chi connectivity index (χ3n) is 5.26. The number of anilines is 2. The minimum Gasteiger partial charge on any atom is -0.507 e. The molecule has 1 heterocycles. The zero-order valence-corrected chi connectivity index (χ0v) is 15.6. The van der Waals surface area contributed by atoms with Crippen LogP contribution in [-0.4, -0.2) is 22.2 Å². The predicted molar refractivity (Wildman–Crippen MR) is 106 cm³/mol. The van der Waals surface area contributed by atoms with Crippen LogP contribution in [0.3, 0.4) is 0 Å². The van der Waals surface area contributed by atoms with Crippen molar-refractivity contribution in [3.05, 3.63) is 66.0 Å². The quantitative estimate of drug-likeness (QED) is 0.737. The van der Waals surface area contributed by atoms with Crippen LogP contribution in [0.2, 0.25) is 0 Å². The Bertz CT molecular complexity index is 819. The monoisotopic (exact) mass is 350 g/mol. The molecule has 0 saturated heterocycles. The first-order chi connectivity index (χ1) is 12.4. The summed E-state index contributed by atoms with van der Waals surface area (Å²) in [6.45, 7) is 8.23. The lowest BCUT2D eigenvalue weighted by Gasteiger charge is -2.32. The van der Waals surface area contributed by atoms with Crippen LogP contribution in [0.1, 0.15) is 38.2 Å². The molecule has 1 aromatic heterocycles. The Morgan fingerprint density at radius 3 is 2.50 bits per heavy atom. The molecule has 2 aromatic rings. The van der Waals surface area contributed by atoms with E-state index in [1.54, 1.807) is 24.5 Å². The van der Waals surface area contributed by atoms with E-state index >= 15 is 0 Å². The maximum Gasteiger partial charge on any atom is 0.125 e. The molecule has 26 heavy (non-hydrogen) atoms. The second kappa shape index (κ2) is 7.24. The van der Waals surface area contributed by atoms with Gasteiger partial charge in [-0.05, 0) is 44.7 Å². The SMILES string of the molecule is C=C(C)[C@@H]1CCC(C)=C[C@H]1c1c(O)cc(N(C)c2cccnc2)cc1O. The second-order valence-corrected chi connectivity index (χ2v) is 7.20. The molecule has 0 unspecified atom stereocenters. The summed E-state index contributed by atoms with van der Waals surface area (Å²) in [6.07, 6.45) is 7.62. The van der Waals surface area contributed by atoms with Gasteiger partial charge in [-0.1, -0.05) is 23.8 Å². The summed E-state index contributed by atoms with van der Waals surface area (Å²) in [6, 6.07) is 7.19. The smallest absolute Gasteiger partial charge is 0.125 e. The molecule has 0 aliphatic heterocycles. The minimum atomic E-state index is -0.0565. The first-order valence-corrected chi connectivity index (χ1v) is 8.90.